The summed E-state index contributed by atoms with van der Waals surface area (Å²) in [5.41, 5.74) is 7.37. The maximum absolute atomic E-state index is 6.04. The first kappa shape index (κ1) is 12.4. The molecule has 0 amide bonds. The highest BCUT2D eigenvalue weighted by molar-refractivity contribution is 7.14. The van der Waals surface area contributed by atoms with Gasteiger partial charge in [0.25, 0.3) is 0 Å². The Labute approximate surface area is 106 Å². The summed E-state index contributed by atoms with van der Waals surface area (Å²) in [5, 5.41) is 2.16. The van der Waals surface area contributed by atoms with Crippen LogP contribution in [0, 0.1) is 5.92 Å². The zero-order valence-electron chi connectivity index (χ0n) is 9.82. The molecular formula is C12H19ClN2S. The molecule has 90 valence electrons. The van der Waals surface area contributed by atoms with E-state index in [1.807, 2.05) is 0 Å². The summed E-state index contributed by atoms with van der Waals surface area (Å²) in [6.07, 6.45) is 1.10. The monoisotopic (exact) mass is 258 g/mol. The molecule has 1 aliphatic heterocycles. The van der Waals surface area contributed by atoms with E-state index in [9.17, 15) is 0 Å². The van der Waals surface area contributed by atoms with E-state index in [2.05, 4.69) is 30.2 Å². The summed E-state index contributed by atoms with van der Waals surface area (Å²) in [4.78, 5) is 2.51. The van der Waals surface area contributed by atoms with Crippen LogP contribution in [0.5, 0.6) is 0 Å². The van der Waals surface area contributed by atoms with Crippen LogP contribution in [0.2, 0.25) is 4.34 Å². The lowest BCUT2D eigenvalue weighted by molar-refractivity contribution is 0.124. The molecule has 1 aromatic rings. The number of nitrogens with zero attached hydrogens (tertiary/aromatic N) is 1. The van der Waals surface area contributed by atoms with Crippen LogP contribution in [0.1, 0.15) is 31.9 Å². The van der Waals surface area contributed by atoms with Gasteiger partial charge in [0.2, 0.25) is 0 Å². The van der Waals surface area contributed by atoms with Crippen molar-refractivity contribution in [3.8, 4) is 0 Å². The lowest BCUT2D eigenvalue weighted by Crippen LogP contribution is -2.46. The molecule has 0 aliphatic carbocycles. The van der Waals surface area contributed by atoms with E-state index in [1.165, 1.54) is 5.56 Å². The predicted octanol–water partition coefficient (Wildman–Crippen LogP) is 3.13. The Morgan fingerprint density at radius 2 is 2.38 bits per heavy atom. The Kier molecular flexibility index (Phi) is 3.90. The van der Waals surface area contributed by atoms with Crippen LogP contribution < -0.4 is 5.73 Å². The van der Waals surface area contributed by atoms with E-state index in [-0.39, 0.29) is 0 Å². The SMILES string of the molecule is CC1CN(C(C)c2csc(Cl)c2)CCC1N. The minimum absolute atomic E-state index is 0.370. The fourth-order valence-corrected chi connectivity index (χ4v) is 3.28. The van der Waals surface area contributed by atoms with Crippen molar-refractivity contribution in [2.75, 3.05) is 13.1 Å². The fourth-order valence-electron chi connectivity index (χ4n) is 2.30. The van der Waals surface area contributed by atoms with E-state index < -0.39 is 0 Å². The zero-order valence-corrected chi connectivity index (χ0v) is 11.4. The van der Waals surface area contributed by atoms with Gasteiger partial charge in [0, 0.05) is 25.2 Å². The van der Waals surface area contributed by atoms with E-state index >= 15 is 0 Å². The molecule has 1 saturated heterocycles. The Bertz CT molecular complexity index is 353. The molecule has 0 spiro atoms. The van der Waals surface area contributed by atoms with Crippen LogP contribution in [0.15, 0.2) is 11.4 Å². The van der Waals surface area contributed by atoms with Gasteiger partial charge in [0.05, 0.1) is 4.34 Å². The largest absolute Gasteiger partial charge is 0.327 e. The zero-order chi connectivity index (χ0) is 11.7. The summed E-state index contributed by atoms with van der Waals surface area (Å²) in [6.45, 7) is 6.68. The summed E-state index contributed by atoms with van der Waals surface area (Å²) in [6, 6.07) is 2.91. The van der Waals surface area contributed by atoms with Crippen molar-refractivity contribution in [1.82, 2.24) is 4.90 Å². The minimum Gasteiger partial charge on any atom is -0.327 e. The number of halogens is 1. The highest BCUT2D eigenvalue weighted by Crippen LogP contribution is 2.30. The second-order valence-corrected chi connectivity index (χ2v) is 6.33. The van der Waals surface area contributed by atoms with Crippen molar-refractivity contribution in [3.05, 3.63) is 21.3 Å². The molecule has 0 aromatic carbocycles. The van der Waals surface area contributed by atoms with Crippen LogP contribution in [-0.4, -0.2) is 24.0 Å². The number of hydrogen-bond acceptors (Lipinski definition) is 3. The number of nitrogens with two attached hydrogens (primary N) is 1. The molecule has 0 saturated carbocycles. The average Bonchev–Trinajstić information content (AvgIpc) is 2.68. The standard InChI is InChI=1S/C12H19ClN2S/c1-8-6-15(4-3-11(8)14)9(2)10-5-12(13)16-7-10/h5,7-9,11H,3-4,6,14H2,1-2H3. The molecular weight excluding hydrogens is 240 g/mol. The number of piperidine rings is 1. The van der Waals surface area contributed by atoms with E-state index in [0.717, 1.165) is 23.8 Å². The first-order valence-corrected chi connectivity index (χ1v) is 7.07. The predicted molar refractivity (Wildman–Crippen MR) is 71.1 cm³/mol. The first-order chi connectivity index (χ1) is 7.58. The van der Waals surface area contributed by atoms with Gasteiger partial charge in [0.1, 0.15) is 0 Å². The Hall–Kier alpha value is -0.0900. The van der Waals surface area contributed by atoms with Gasteiger partial charge in [-0.3, -0.25) is 4.90 Å². The van der Waals surface area contributed by atoms with Crippen molar-refractivity contribution < 1.29 is 0 Å². The second kappa shape index (κ2) is 5.05. The van der Waals surface area contributed by atoms with Crippen molar-refractivity contribution >= 4 is 22.9 Å². The molecule has 3 unspecified atom stereocenters. The minimum atomic E-state index is 0.370. The Balaban J connectivity index is 2.02. The van der Waals surface area contributed by atoms with Crippen LogP contribution in [-0.2, 0) is 0 Å². The summed E-state index contributed by atoms with van der Waals surface area (Å²) >= 11 is 7.59. The molecule has 0 bridgehead atoms. The highest BCUT2D eigenvalue weighted by Gasteiger charge is 2.26. The van der Waals surface area contributed by atoms with Crippen molar-refractivity contribution in [1.29, 1.82) is 0 Å². The van der Waals surface area contributed by atoms with Crippen LogP contribution >= 0.6 is 22.9 Å². The maximum atomic E-state index is 6.04. The molecule has 0 radical (unpaired) electrons. The molecule has 1 aliphatic rings. The summed E-state index contributed by atoms with van der Waals surface area (Å²) in [7, 11) is 0. The van der Waals surface area contributed by atoms with E-state index in [1.54, 1.807) is 11.3 Å². The van der Waals surface area contributed by atoms with Gasteiger partial charge in [-0.1, -0.05) is 18.5 Å². The normalized spacial score (nSPS) is 29.2. The van der Waals surface area contributed by atoms with Crippen LogP contribution in [0.3, 0.4) is 0 Å². The van der Waals surface area contributed by atoms with E-state index in [4.69, 9.17) is 17.3 Å². The van der Waals surface area contributed by atoms with Crippen LogP contribution in [0.4, 0.5) is 0 Å². The van der Waals surface area contributed by atoms with Gasteiger partial charge in [-0.2, -0.15) is 0 Å². The second-order valence-electron chi connectivity index (χ2n) is 4.78. The Morgan fingerprint density at radius 1 is 1.62 bits per heavy atom. The highest BCUT2D eigenvalue weighted by atomic mass is 35.5. The maximum Gasteiger partial charge on any atom is 0.0931 e. The molecule has 2 rings (SSSR count). The third kappa shape index (κ3) is 2.59. The third-order valence-electron chi connectivity index (χ3n) is 3.62. The molecule has 2 nitrogen and oxygen atoms in total. The lowest BCUT2D eigenvalue weighted by Gasteiger charge is -2.38. The molecule has 2 heterocycles. The topological polar surface area (TPSA) is 29.3 Å². The first-order valence-electron chi connectivity index (χ1n) is 5.81. The van der Waals surface area contributed by atoms with Gasteiger partial charge in [-0.25, -0.2) is 0 Å². The molecule has 1 fully saturated rings. The summed E-state index contributed by atoms with van der Waals surface area (Å²) in [5.74, 6) is 0.588. The summed E-state index contributed by atoms with van der Waals surface area (Å²) < 4.78 is 0.878. The molecule has 4 heteroatoms. The van der Waals surface area contributed by atoms with Crippen LogP contribution in [0.25, 0.3) is 0 Å². The quantitative estimate of drug-likeness (QED) is 0.883. The average molecular weight is 259 g/mol. The molecule has 3 atom stereocenters. The third-order valence-corrected chi connectivity index (χ3v) is 4.73. The number of likely N-dealkylation sites (tertiary alicyclic amines) is 1. The van der Waals surface area contributed by atoms with Gasteiger partial charge < -0.3 is 5.73 Å². The van der Waals surface area contributed by atoms with Gasteiger partial charge in [-0.05, 0) is 36.3 Å². The molecule has 1 aromatic heterocycles. The lowest BCUT2D eigenvalue weighted by atomic mass is 9.93. The van der Waals surface area contributed by atoms with Crippen molar-refractivity contribution in [3.63, 3.8) is 0 Å². The Morgan fingerprint density at radius 3 is 2.94 bits per heavy atom. The fraction of sp³-hybridized carbons (Fsp3) is 0.667. The number of hydrogen-bond donors (Lipinski definition) is 1. The van der Waals surface area contributed by atoms with E-state index in [0.29, 0.717) is 18.0 Å². The van der Waals surface area contributed by atoms with Crippen molar-refractivity contribution in [2.24, 2.45) is 11.7 Å². The van der Waals surface area contributed by atoms with Gasteiger partial charge in [0.15, 0.2) is 0 Å². The van der Waals surface area contributed by atoms with Gasteiger partial charge >= 0.3 is 0 Å². The van der Waals surface area contributed by atoms with Gasteiger partial charge in [-0.15, -0.1) is 11.3 Å². The number of rotatable bonds is 2. The molecule has 16 heavy (non-hydrogen) atoms. The smallest absolute Gasteiger partial charge is 0.0931 e. The van der Waals surface area contributed by atoms with Crippen molar-refractivity contribution in [2.45, 2.75) is 32.4 Å². The molecule has 2 N–H and O–H groups in total. The number of thiophene rings is 1.